The van der Waals surface area contributed by atoms with Crippen molar-refractivity contribution in [2.75, 3.05) is 19.8 Å². The van der Waals surface area contributed by atoms with Gasteiger partial charge in [-0.1, -0.05) is 50.2 Å². The molecule has 0 fully saturated rings. The highest BCUT2D eigenvalue weighted by Crippen LogP contribution is 2.21. The highest BCUT2D eigenvalue weighted by Gasteiger charge is 2.11. The Balaban J connectivity index is 1.25. The molecule has 0 saturated heterocycles. The van der Waals surface area contributed by atoms with E-state index in [0.29, 0.717) is 19.1 Å². The average molecular weight is 514 g/mol. The molecule has 1 aromatic heterocycles. The second kappa shape index (κ2) is 13.1. The van der Waals surface area contributed by atoms with Crippen LogP contribution in [-0.4, -0.2) is 35.2 Å². The van der Waals surface area contributed by atoms with Crippen LogP contribution in [0.15, 0.2) is 66.7 Å². The molecule has 3 aromatic carbocycles. The Morgan fingerprint density at radius 2 is 1.76 bits per heavy atom. The Bertz CT molecular complexity index is 1340. The first-order valence-corrected chi connectivity index (χ1v) is 13.5. The summed E-state index contributed by atoms with van der Waals surface area (Å²) < 4.78 is 14.0. The maximum absolute atomic E-state index is 12.3. The number of amides is 1. The van der Waals surface area contributed by atoms with Gasteiger partial charge in [-0.15, -0.1) is 0 Å². The van der Waals surface area contributed by atoms with Crippen LogP contribution >= 0.6 is 0 Å². The predicted octanol–water partition coefficient (Wildman–Crippen LogP) is 6.37. The number of hydrogen-bond donors (Lipinski definition) is 1. The van der Waals surface area contributed by atoms with Gasteiger partial charge in [-0.2, -0.15) is 0 Å². The topological polar surface area (TPSA) is 65.4 Å². The molecule has 0 bridgehead atoms. The number of rotatable bonds is 13. The largest absolute Gasteiger partial charge is 0.494 e. The van der Waals surface area contributed by atoms with Gasteiger partial charge in [0.15, 0.2) is 6.61 Å². The Morgan fingerprint density at radius 1 is 0.974 bits per heavy atom. The van der Waals surface area contributed by atoms with Crippen molar-refractivity contribution in [3.05, 3.63) is 89.2 Å². The maximum Gasteiger partial charge on any atom is 0.257 e. The predicted molar refractivity (Wildman–Crippen MR) is 153 cm³/mol. The van der Waals surface area contributed by atoms with E-state index in [1.54, 1.807) is 0 Å². The molecule has 0 aliphatic heterocycles. The summed E-state index contributed by atoms with van der Waals surface area (Å²) in [4.78, 5) is 17.2. The van der Waals surface area contributed by atoms with Crippen LogP contribution in [0.3, 0.4) is 0 Å². The van der Waals surface area contributed by atoms with Crippen molar-refractivity contribution >= 4 is 16.9 Å². The van der Waals surface area contributed by atoms with Gasteiger partial charge in [0.1, 0.15) is 17.3 Å². The van der Waals surface area contributed by atoms with Crippen LogP contribution in [0.1, 0.15) is 55.1 Å². The van der Waals surface area contributed by atoms with E-state index >= 15 is 0 Å². The molecule has 0 saturated carbocycles. The van der Waals surface area contributed by atoms with E-state index in [2.05, 4.69) is 60.1 Å². The first-order chi connectivity index (χ1) is 18.4. The Morgan fingerprint density at radius 3 is 2.55 bits per heavy atom. The van der Waals surface area contributed by atoms with Gasteiger partial charge in [0, 0.05) is 19.5 Å². The van der Waals surface area contributed by atoms with Crippen molar-refractivity contribution in [2.24, 2.45) is 0 Å². The summed E-state index contributed by atoms with van der Waals surface area (Å²) in [6.07, 6.45) is 2.47. The van der Waals surface area contributed by atoms with Gasteiger partial charge >= 0.3 is 0 Å². The molecule has 0 aliphatic rings. The number of hydrogen-bond acceptors (Lipinski definition) is 4. The summed E-state index contributed by atoms with van der Waals surface area (Å²) in [6.45, 7) is 10.4. The lowest BCUT2D eigenvalue weighted by Gasteiger charge is -2.12. The minimum absolute atomic E-state index is 0.0169. The normalized spacial score (nSPS) is 11.2. The first-order valence-electron chi connectivity index (χ1n) is 13.5. The molecule has 1 N–H and O–H groups in total. The summed E-state index contributed by atoms with van der Waals surface area (Å²) in [5, 5.41) is 2.97. The molecule has 6 heteroatoms. The van der Waals surface area contributed by atoms with Gasteiger partial charge in [-0.25, -0.2) is 4.98 Å². The van der Waals surface area contributed by atoms with E-state index in [1.807, 2.05) is 44.2 Å². The fourth-order valence-electron chi connectivity index (χ4n) is 4.46. The number of nitrogens with zero attached hydrogens (tertiary/aromatic N) is 2. The van der Waals surface area contributed by atoms with Crippen molar-refractivity contribution in [2.45, 2.75) is 59.4 Å². The van der Waals surface area contributed by atoms with Gasteiger partial charge in [0.25, 0.3) is 5.91 Å². The van der Waals surface area contributed by atoms with Gasteiger partial charge < -0.3 is 19.4 Å². The lowest BCUT2D eigenvalue weighted by Crippen LogP contribution is -2.30. The molecule has 0 spiro atoms. The average Bonchev–Trinajstić information content (AvgIpc) is 3.27. The number of carbonyl (C=O) groups excluding carboxylic acids is 1. The minimum Gasteiger partial charge on any atom is -0.494 e. The molecule has 200 valence electrons. The standard InChI is InChI=1S/C32H39N3O3/c1-23(2)26-14-16-27(17-15-26)37-20-8-19-35-29-10-6-5-9-28(29)34-31(35)11-7-18-33-32(36)22-38-30-21-24(3)12-13-25(30)4/h5-6,9-10,12-17,21,23H,7-8,11,18-20,22H2,1-4H3,(H,33,36). The van der Waals surface area contributed by atoms with Crippen molar-refractivity contribution in [1.29, 1.82) is 0 Å². The maximum atomic E-state index is 12.3. The molecule has 0 atom stereocenters. The number of aryl methyl sites for hydroxylation is 4. The van der Waals surface area contributed by atoms with Gasteiger partial charge in [-0.05, 0) is 79.6 Å². The SMILES string of the molecule is Cc1ccc(C)c(OCC(=O)NCCCc2nc3ccccc3n2CCCOc2ccc(C(C)C)cc2)c1. The number of imidazole rings is 1. The number of benzene rings is 3. The Labute approximate surface area is 226 Å². The van der Waals surface area contributed by atoms with Gasteiger partial charge in [-0.3, -0.25) is 4.79 Å². The fraction of sp³-hybridized carbons (Fsp3) is 0.375. The third-order valence-electron chi connectivity index (χ3n) is 6.68. The van der Waals surface area contributed by atoms with Crippen molar-refractivity contribution in [3.8, 4) is 11.5 Å². The second-order valence-electron chi connectivity index (χ2n) is 10.1. The van der Waals surface area contributed by atoms with Crippen LogP contribution in [0.2, 0.25) is 0 Å². The van der Waals surface area contributed by atoms with Crippen LogP contribution in [0.5, 0.6) is 11.5 Å². The molecule has 6 nitrogen and oxygen atoms in total. The molecule has 0 aliphatic carbocycles. The summed E-state index contributed by atoms with van der Waals surface area (Å²) in [5.74, 6) is 3.10. The molecule has 1 heterocycles. The lowest BCUT2D eigenvalue weighted by atomic mass is 10.0. The van der Waals surface area contributed by atoms with Gasteiger partial charge in [0.05, 0.1) is 17.6 Å². The van der Waals surface area contributed by atoms with E-state index in [-0.39, 0.29) is 12.5 Å². The molecular formula is C32H39N3O3. The smallest absolute Gasteiger partial charge is 0.257 e. The zero-order valence-corrected chi connectivity index (χ0v) is 23.0. The monoisotopic (exact) mass is 513 g/mol. The van der Waals surface area contributed by atoms with Crippen LogP contribution in [0.4, 0.5) is 0 Å². The van der Waals surface area contributed by atoms with E-state index in [4.69, 9.17) is 14.5 Å². The zero-order chi connectivity index (χ0) is 26.9. The second-order valence-corrected chi connectivity index (χ2v) is 10.1. The highest BCUT2D eigenvalue weighted by molar-refractivity contribution is 5.77. The summed E-state index contributed by atoms with van der Waals surface area (Å²) in [7, 11) is 0. The fourth-order valence-corrected chi connectivity index (χ4v) is 4.46. The number of para-hydroxylation sites is 2. The number of nitrogens with one attached hydrogen (secondary N) is 1. The number of carbonyl (C=O) groups is 1. The van der Waals surface area contributed by atoms with Crippen molar-refractivity contribution in [1.82, 2.24) is 14.9 Å². The molecule has 0 radical (unpaired) electrons. The summed E-state index contributed by atoms with van der Waals surface area (Å²) in [6, 6.07) is 22.6. The van der Waals surface area contributed by atoms with E-state index < -0.39 is 0 Å². The zero-order valence-electron chi connectivity index (χ0n) is 23.0. The quantitative estimate of drug-likeness (QED) is 0.211. The third kappa shape index (κ3) is 7.37. The molecular weight excluding hydrogens is 474 g/mol. The van der Waals surface area contributed by atoms with E-state index in [1.165, 1.54) is 5.56 Å². The lowest BCUT2D eigenvalue weighted by molar-refractivity contribution is -0.123. The molecule has 4 aromatic rings. The van der Waals surface area contributed by atoms with E-state index in [9.17, 15) is 4.79 Å². The van der Waals surface area contributed by atoms with Crippen molar-refractivity contribution < 1.29 is 14.3 Å². The third-order valence-corrected chi connectivity index (χ3v) is 6.68. The van der Waals surface area contributed by atoms with Crippen LogP contribution in [0.25, 0.3) is 11.0 Å². The summed E-state index contributed by atoms with van der Waals surface area (Å²) in [5.41, 5.74) is 5.59. The molecule has 0 unspecified atom stereocenters. The first kappa shape index (κ1) is 27.2. The minimum atomic E-state index is -0.113. The molecule has 4 rings (SSSR count). The van der Waals surface area contributed by atoms with Crippen LogP contribution < -0.4 is 14.8 Å². The molecule has 1 amide bonds. The van der Waals surface area contributed by atoms with E-state index in [0.717, 1.165) is 65.3 Å². The van der Waals surface area contributed by atoms with Crippen LogP contribution in [-0.2, 0) is 17.8 Å². The Kier molecular flexibility index (Phi) is 9.41. The summed E-state index contributed by atoms with van der Waals surface area (Å²) >= 11 is 0. The molecule has 38 heavy (non-hydrogen) atoms. The highest BCUT2D eigenvalue weighted by atomic mass is 16.5. The van der Waals surface area contributed by atoms with Crippen molar-refractivity contribution in [3.63, 3.8) is 0 Å². The number of ether oxygens (including phenoxy) is 2. The number of aromatic nitrogens is 2. The number of fused-ring (bicyclic) bond motifs is 1. The van der Waals surface area contributed by atoms with Gasteiger partial charge in [0.2, 0.25) is 0 Å². The van der Waals surface area contributed by atoms with Crippen LogP contribution in [0, 0.1) is 13.8 Å². The Hall–Kier alpha value is -3.80.